The first-order valence-electron chi connectivity index (χ1n) is 8.18. The van der Waals surface area contributed by atoms with Crippen molar-refractivity contribution in [2.24, 2.45) is 5.92 Å². The Morgan fingerprint density at radius 2 is 2.00 bits per heavy atom. The van der Waals surface area contributed by atoms with Gasteiger partial charge in [0.05, 0.1) is 18.1 Å². The van der Waals surface area contributed by atoms with E-state index in [-0.39, 0.29) is 23.3 Å². The van der Waals surface area contributed by atoms with Crippen LogP contribution in [0.5, 0.6) is 0 Å². The zero-order valence-electron chi connectivity index (χ0n) is 13.1. The average Bonchev–Trinajstić information content (AvgIpc) is 3.05. The third-order valence-electron chi connectivity index (χ3n) is 5.01. The fraction of sp³-hybridized carbons (Fsp3) is 0.875. The van der Waals surface area contributed by atoms with Gasteiger partial charge in [0.25, 0.3) is 0 Å². The zero-order chi connectivity index (χ0) is 15.0. The van der Waals surface area contributed by atoms with Crippen LogP contribution in [0, 0.1) is 5.92 Å². The van der Waals surface area contributed by atoms with E-state index in [2.05, 4.69) is 0 Å². The summed E-state index contributed by atoms with van der Waals surface area (Å²) in [5.41, 5.74) is -0.276. The number of likely N-dealkylation sites (tertiary alicyclic amines) is 1. The molecule has 2 heterocycles. The summed E-state index contributed by atoms with van der Waals surface area (Å²) < 4.78 is 5.66. The topological polar surface area (TPSA) is 49.9 Å². The summed E-state index contributed by atoms with van der Waals surface area (Å²) in [5.74, 6) is 0.167. The van der Waals surface area contributed by atoms with Crippen molar-refractivity contribution in [3.8, 4) is 0 Å². The first-order chi connectivity index (χ1) is 9.96. The largest absolute Gasteiger partial charge is 0.372 e. The van der Waals surface area contributed by atoms with E-state index < -0.39 is 0 Å². The molecule has 1 atom stereocenters. The van der Waals surface area contributed by atoms with Crippen LogP contribution in [0.2, 0.25) is 0 Å². The van der Waals surface area contributed by atoms with E-state index in [9.17, 15) is 9.59 Å². The first kappa shape index (κ1) is 14.8. The summed E-state index contributed by atoms with van der Waals surface area (Å²) in [6.45, 7) is 6.51. The Morgan fingerprint density at radius 1 is 1.29 bits per heavy atom. The second-order valence-corrected chi connectivity index (χ2v) is 7.25. The molecule has 5 nitrogen and oxygen atoms in total. The van der Waals surface area contributed by atoms with Crippen LogP contribution in [0.4, 0.5) is 0 Å². The highest BCUT2D eigenvalue weighted by Gasteiger charge is 2.41. The van der Waals surface area contributed by atoms with Crippen molar-refractivity contribution in [1.29, 1.82) is 0 Å². The van der Waals surface area contributed by atoms with E-state index in [1.165, 1.54) is 12.8 Å². The van der Waals surface area contributed by atoms with Crippen molar-refractivity contribution < 1.29 is 14.3 Å². The predicted molar refractivity (Wildman–Crippen MR) is 78.7 cm³/mol. The molecule has 0 aromatic carbocycles. The number of morpholine rings is 1. The molecule has 21 heavy (non-hydrogen) atoms. The fourth-order valence-electron chi connectivity index (χ4n) is 3.93. The van der Waals surface area contributed by atoms with Gasteiger partial charge in [-0.2, -0.15) is 0 Å². The first-order valence-corrected chi connectivity index (χ1v) is 8.18. The van der Waals surface area contributed by atoms with Crippen molar-refractivity contribution >= 4 is 11.8 Å². The Balaban J connectivity index is 1.62. The number of carbonyl (C=O) groups excluding carboxylic acids is 2. The number of amides is 2. The van der Waals surface area contributed by atoms with Crippen LogP contribution in [-0.4, -0.2) is 59.5 Å². The highest BCUT2D eigenvalue weighted by atomic mass is 16.5. The van der Waals surface area contributed by atoms with E-state index in [0.29, 0.717) is 38.7 Å². The molecule has 0 bridgehead atoms. The Hall–Kier alpha value is -1.10. The molecule has 1 aliphatic carbocycles. The molecule has 2 aliphatic heterocycles. The molecule has 0 spiro atoms. The number of carbonyl (C=O) groups is 2. The second kappa shape index (κ2) is 5.59. The van der Waals surface area contributed by atoms with Gasteiger partial charge in [0.1, 0.15) is 0 Å². The van der Waals surface area contributed by atoms with E-state index in [1.54, 1.807) is 0 Å². The van der Waals surface area contributed by atoms with Crippen molar-refractivity contribution in [1.82, 2.24) is 9.80 Å². The Morgan fingerprint density at radius 3 is 2.67 bits per heavy atom. The number of hydrogen-bond donors (Lipinski definition) is 0. The Bertz CT molecular complexity index is 429. The number of hydrogen-bond acceptors (Lipinski definition) is 3. The van der Waals surface area contributed by atoms with Gasteiger partial charge in [-0.05, 0) is 26.7 Å². The molecular weight excluding hydrogens is 268 g/mol. The van der Waals surface area contributed by atoms with E-state index in [1.807, 2.05) is 23.6 Å². The minimum atomic E-state index is -0.276. The molecule has 0 radical (unpaired) electrons. The molecular formula is C16H26N2O3. The molecule has 1 saturated carbocycles. The zero-order valence-corrected chi connectivity index (χ0v) is 13.1. The van der Waals surface area contributed by atoms with E-state index in [4.69, 9.17) is 4.74 Å². The van der Waals surface area contributed by atoms with Gasteiger partial charge in [-0.1, -0.05) is 12.8 Å². The van der Waals surface area contributed by atoms with Gasteiger partial charge in [0, 0.05) is 32.1 Å². The maximum absolute atomic E-state index is 12.7. The van der Waals surface area contributed by atoms with Gasteiger partial charge < -0.3 is 14.5 Å². The molecule has 2 amide bonds. The molecule has 2 saturated heterocycles. The molecule has 5 heteroatoms. The molecule has 0 unspecified atom stereocenters. The minimum absolute atomic E-state index is 0.139. The van der Waals surface area contributed by atoms with Crippen molar-refractivity contribution in [3.63, 3.8) is 0 Å². The van der Waals surface area contributed by atoms with Crippen LogP contribution in [0.15, 0.2) is 0 Å². The highest BCUT2D eigenvalue weighted by Crippen LogP contribution is 2.30. The molecule has 3 aliphatic rings. The Kier molecular flexibility index (Phi) is 3.95. The lowest BCUT2D eigenvalue weighted by Crippen LogP contribution is -2.52. The van der Waals surface area contributed by atoms with Crippen LogP contribution in [0.25, 0.3) is 0 Å². The third kappa shape index (κ3) is 3.07. The summed E-state index contributed by atoms with van der Waals surface area (Å²) in [6, 6.07) is 0.386. The Labute approximate surface area is 126 Å². The van der Waals surface area contributed by atoms with Gasteiger partial charge in [-0.15, -0.1) is 0 Å². The van der Waals surface area contributed by atoms with Gasteiger partial charge in [-0.3, -0.25) is 9.59 Å². The SMILES string of the molecule is CC1(C)CN(C(=O)[C@@H]2CC(=O)N(C3CCCC3)C2)CCO1. The van der Waals surface area contributed by atoms with Crippen molar-refractivity contribution in [2.75, 3.05) is 26.2 Å². The smallest absolute Gasteiger partial charge is 0.228 e. The number of ether oxygens (including phenoxy) is 1. The quantitative estimate of drug-likeness (QED) is 0.774. The van der Waals surface area contributed by atoms with Gasteiger partial charge in [0.15, 0.2) is 0 Å². The highest BCUT2D eigenvalue weighted by molar-refractivity contribution is 5.89. The predicted octanol–water partition coefficient (Wildman–Crippen LogP) is 1.41. The van der Waals surface area contributed by atoms with Crippen molar-refractivity contribution in [3.05, 3.63) is 0 Å². The van der Waals surface area contributed by atoms with Crippen LogP contribution < -0.4 is 0 Å². The summed E-state index contributed by atoms with van der Waals surface area (Å²) in [7, 11) is 0. The fourth-order valence-corrected chi connectivity index (χ4v) is 3.93. The minimum Gasteiger partial charge on any atom is -0.372 e. The maximum atomic E-state index is 12.7. The van der Waals surface area contributed by atoms with Gasteiger partial charge in [0.2, 0.25) is 11.8 Å². The van der Waals surface area contributed by atoms with Crippen LogP contribution in [0.3, 0.4) is 0 Å². The summed E-state index contributed by atoms with van der Waals surface area (Å²) in [5, 5.41) is 0. The van der Waals surface area contributed by atoms with E-state index >= 15 is 0 Å². The standard InChI is InChI=1S/C16H26N2O3/c1-16(2)11-17(7-8-21-16)15(20)12-9-14(19)18(10-12)13-5-3-4-6-13/h12-13H,3-11H2,1-2H3/t12-/m1/s1. The second-order valence-electron chi connectivity index (χ2n) is 7.25. The molecule has 0 aromatic heterocycles. The van der Waals surface area contributed by atoms with E-state index in [0.717, 1.165) is 12.8 Å². The monoisotopic (exact) mass is 294 g/mol. The van der Waals surface area contributed by atoms with Crippen molar-refractivity contribution in [2.45, 2.75) is 57.6 Å². The summed E-state index contributed by atoms with van der Waals surface area (Å²) in [6.07, 6.45) is 5.04. The molecule has 0 aromatic rings. The summed E-state index contributed by atoms with van der Waals surface area (Å²) >= 11 is 0. The molecule has 118 valence electrons. The molecule has 0 N–H and O–H groups in total. The normalized spacial score (nSPS) is 30.2. The number of rotatable bonds is 2. The van der Waals surface area contributed by atoms with Crippen LogP contribution >= 0.6 is 0 Å². The lowest BCUT2D eigenvalue weighted by Gasteiger charge is -2.39. The number of nitrogens with zero attached hydrogens (tertiary/aromatic N) is 2. The lowest BCUT2D eigenvalue weighted by molar-refractivity contribution is -0.149. The average molecular weight is 294 g/mol. The van der Waals surface area contributed by atoms with Gasteiger partial charge >= 0.3 is 0 Å². The maximum Gasteiger partial charge on any atom is 0.228 e. The van der Waals surface area contributed by atoms with Crippen LogP contribution in [-0.2, 0) is 14.3 Å². The lowest BCUT2D eigenvalue weighted by atomic mass is 10.0. The summed E-state index contributed by atoms with van der Waals surface area (Å²) in [4.78, 5) is 28.8. The molecule has 3 fully saturated rings. The molecule has 3 rings (SSSR count). The third-order valence-corrected chi connectivity index (χ3v) is 5.01. The van der Waals surface area contributed by atoms with Gasteiger partial charge in [-0.25, -0.2) is 0 Å². The van der Waals surface area contributed by atoms with Crippen LogP contribution in [0.1, 0.15) is 46.0 Å².